The molecule has 8 heteroatoms. The van der Waals surface area contributed by atoms with Crippen LogP contribution in [0.25, 0.3) is 0 Å². The Morgan fingerprint density at radius 1 is 1.17 bits per heavy atom. The first-order valence-corrected chi connectivity index (χ1v) is 13.0. The molecule has 2 N–H and O–H groups in total. The third kappa shape index (κ3) is 5.53. The molecule has 35 heavy (non-hydrogen) atoms. The van der Waals surface area contributed by atoms with E-state index < -0.39 is 6.04 Å². The van der Waals surface area contributed by atoms with Crippen molar-refractivity contribution in [3.8, 4) is 5.75 Å². The zero-order chi connectivity index (χ0) is 25.1. The van der Waals surface area contributed by atoms with E-state index >= 15 is 0 Å². The zero-order valence-corrected chi connectivity index (χ0v) is 22.0. The van der Waals surface area contributed by atoms with Crippen LogP contribution in [0.5, 0.6) is 5.75 Å². The molecule has 0 saturated heterocycles. The molecule has 0 radical (unpaired) electrons. The summed E-state index contributed by atoms with van der Waals surface area (Å²) < 4.78 is 7.65. The molecule has 184 valence electrons. The second kappa shape index (κ2) is 10.6. The van der Waals surface area contributed by atoms with Crippen molar-refractivity contribution in [1.29, 1.82) is 0 Å². The molecule has 1 unspecified atom stereocenters. The number of aryl methyl sites for hydroxylation is 2. The van der Waals surface area contributed by atoms with Gasteiger partial charge >= 0.3 is 0 Å². The number of ether oxygens (including phenoxy) is 1. The number of rotatable bonds is 8. The topological polar surface area (TPSA) is 81.1 Å². The molecular formula is C27H33N5O2S. The fourth-order valence-corrected chi connectivity index (χ4v) is 4.82. The summed E-state index contributed by atoms with van der Waals surface area (Å²) in [5, 5.41) is 11.9. The Morgan fingerprint density at radius 2 is 1.91 bits per heavy atom. The third-order valence-electron chi connectivity index (χ3n) is 5.71. The number of amides is 1. The smallest absolute Gasteiger partial charge is 0.255 e. The van der Waals surface area contributed by atoms with E-state index in [1.165, 1.54) is 0 Å². The average molecular weight is 492 g/mol. The van der Waals surface area contributed by atoms with Gasteiger partial charge in [0.2, 0.25) is 11.1 Å². The van der Waals surface area contributed by atoms with E-state index in [1.807, 2.05) is 75.7 Å². The van der Waals surface area contributed by atoms with Gasteiger partial charge < -0.3 is 15.4 Å². The Morgan fingerprint density at radius 3 is 2.57 bits per heavy atom. The second-order valence-electron chi connectivity index (χ2n) is 9.09. The summed E-state index contributed by atoms with van der Waals surface area (Å²) in [5.41, 5.74) is 5.27. The molecule has 0 aliphatic carbocycles. The molecule has 7 nitrogen and oxygen atoms in total. The van der Waals surface area contributed by atoms with Gasteiger partial charge in [-0.1, -0.05) is 48.5 Å². The Bertz CT molecular complexity index is 1250. The molecule has 1 amide bonds. The number of carbonyl (C=O) groups is 1. The maximum Gasteiger partial charge on any atom is 0.255 e. The van der Waals surface area contributed by atoms with Crippen molar-refractivity contribution < 1.29 is 9.53 Å². The number of benzene rings is 2. The van der Waals surface area contributed by atoms with Gasteiger partial charge in [0.15, 0.2) is 0 Å². The summed E-state index contributed by atoms with van der Waals surface area (Å²) in [6.07, 6.45) is 1.12. The van der Waals surface area contributed by atoms with Crippen molar-refractivity contribution in [1.82, 2.24) is 14.8 Å². The molecule has 0 bridgehead atoms. The van der Waals surface area contributed by atoms with Crippen LogP contribution in [0.2, 0.25) is 0 Å². The lowest BCUT2D eigenvalue weighted by Gasteiger charge is -2.29. The van der Waals surface area contributed by atoms with Gasteiger partial charge in [-0.05, 0) is 70.4 Å². The van der Waals surface area contributed by atoms with Gasteiger partial charge in [-0.25, -0.2) is 4.68 Å². The predicted molar refractivity (Wildman–Crippen MR) is 142 cm³/mol. The van der Waals surface area contributed by atoms with E-state index in [9.17, 15) is 4.79 Å². The molecule has 1 aromatic heterocycles. The molecule has 1 aliphatic rings. The molecule has 1 aliphatic heterocycles. The third-order valence-corrected chi connectivity index (χ3v) is 6.75. The van der Waals surface area contributed by atoms with Crippen LogP contribution in [0.15, 0.2) is 58.9 Å². The molecule has 3 aromatic rings. The highest BCUT2D eigenvalue weighted by molar-refractivity contribution is 7.99. The largest absolute Gasteiger partial charge is 0.491 e. The lowest BCUT2D eigenvalue weighted by molar-refractivity contribution is -0.113. The second-order valence-corrected chi connectivity index (χ2v) is 10.1. The number of hydrogen-bond donors (Lipinski definition) is 2. The van der Waals surface area contributed by atoms with Gasteiger partial charge in [0, 0.05) is 17.1 Å². The maximum atomic E-state index is 13.7. The first-order chi connectivity index (χ1) is 16.8. The molecule has 0 spiro atoms. The normalized spacial score (nSPS) is 15.1. The molecular weight excluding hydrogens is 458 g/mol. The van der Waals surface area contributed by atoms with Crippen molar-refractivity contribution in [2.45, 2.75) is 65.3 Å². The summed E-state index contributed by atoms with van der Waals surface area (Å²) in [5.74, 6) is 2.19. The van der Waals surface area contributed by atoms with Crippen LogP contribution < -0.4 is 15.4 Å². The molecule has 2 aromatic carbocycles. The first kappa shape index (κ1) is 24.9. The van der Waals surface area contributed by atoms with Crippen molar-refractivity contribution in [3.63, 3.8) is 0 Å². The number of carbonyl (C=O) groups excluding carboxylic acids is 1. The number of aromatic nitrogens is 3. The summed E-state index contributed by atoms with van der Waals surface area (Å²) >= 11 is 1.62. The fourth-order valence-electron chi connectivity index (χ4n) is 4.13. The molecule has 2 heterocycles. The van der Waals surface area contributed by atoms with Crippen LogP contribution >= 0.6 is 11.8 Å². The van der Waals surface area contributed by atoms with Crippen LogP contribution in [0.3, 0.4) is 0 Å². The molecule has 1 atom stereocenters. The Hall–Kier alpha value is -3.26. The van der Waals surface area contributed by atoms with Crippen molar-refractivity contribution in [3.05, 3.63) is 70.4 Å². The van der Waals surface area contributed by atoms with Crippen LogP contribution in [0, 0.1) is 13.8 Å². The van der Waals surface area contributed by atoms with Crippen LogP contribution in [0.1, 0.15) is 56.8 Å². The minimum Gasteiger partial charge on any atom is -0.491 e. The van der Waals surface area contributed by atoms with E-state index in [0.717, 1.165) is 46.0 Å². The summed E-state index contributed by atoms with van der Waals surface area (Å²) in [4.78, 5) is 18.4. The van der Waals surface area contributed by atoms with Crippen molar-refractivity contribution in [2.75, 3.05) is 16.4 Å². The van der Waals surface area contributed by atoms with E-state index in [1.54, 1.807) is 11.8 Å². The fraction of sp³-hybridized carbons (Fsp3) is 0.370. The summed E-state index contributed by atoms with van der Waals surface area (Å²) in [6, 6.07) is 13.5. The van der Waals surface area contributed by atoms with Crippen molar-refractivity contribution in [2.24, 2.45) is 0 Å². The van der Waals surface area contributed by atoms with Crippen molar-refractivity contribution >= 4 is 29.3 Å². The predicted octanol–water partition coefficient (Wildman–Crippen LogP) is 6.11. The number of hydrogen-bond acceptors (Lipinski definition) is 6. The number of allylic oxidation sites excluding steroid dienone is 1. The minimum atomic E-state index is -0.423. The van der Waals surface area contributed by atoms with Gasteiger partial charge in [-0.2, -0.15) is 4.98 Å². The quantitative estimate of drug-likeness (QED) is 0.370. The van der Waals surface area contributed by atoms with E-state index in [2.05, 4.69) is 28.6 Å². The highest BCUT2D eigenvalue weighted by atomic mass is 32.2. The van der Waals surface area contributed by atoms with Gasteiger partial charge in [0.25, 0.3) is 5.91 Å². The highest BCUT2D eigenvalue weighted by Gasteiger charge is 2.34. The van der Waals surface area contributed by atoms with Gasteiger partial charge in [0.05, 0.1) is 11.7 Å². The summed E-state index contributed by atoms with van der Waals surface area (Å²) in [7, 11) is 0. The van der Waals surface area contributed by atoms with E-state index in [4.69, 9.17) is 9.84 Å². The van der Waals surface area contributed by atoms with Crippen LogP contribution in [-0.2, 0) is 4.79 Å². The lowest BCUT2D eigenvalue weighted by atomic mass is 9.94. The standard InChI is InChI=1S/C27H33N5O2S/c1-7-14-35-27-30-26-28-19(6)23(25(33)29-22-13-8-17(4)15-18(22)5)24(32(26)31-27)20-9-11-21(12-10-20)34-16(2)3/h8-13,15-16,24H,7,14H2,1-6H3,(H,29,33)(H,28,30,31). The Kier molecular flexibility index (Phi) is 7.50. The monoisotopic (exact) mass is 491 g/mol. The van der Waals surface area contributed by atoms with Gasteiger partial charge in [-0.15, -0.1) is 5.10 Å². The number of nitrogens with one attached hydrogen (secondary N) is 2. The minimum absolute atomic E-state index is 0.0843. The first-order valence-electron chi connectivity index (χ1n) is 12.0. The molecule has 0 fully saturated rings. The van der Waals surface area contributed by atoms with Crippen LogP contribution in [0.4, 0.5) is 11.6 Å². The lowest BCUT2D eigenvalue weighted by Crippen LogP contribution is -2.31. The highest BCUT2D eigenvalue weighted by Crippen LogP contribution is 2.37. The maximum absolute atomic E-state index is 13.7. The van der Waals surface area contributed by atoms with Gasteiger partial charge in [-0.3, -0.25) is 4.79 Å². The SMILES string of the molecule is CCCSc1nc2n(n1)C(c1ccc(OC(C)C)cc1)C(C(=O)Nc1ccc(C)cc1C)=C(C)N2. The Labute approximate surface area is 211 Å². The van der Waals surface area contributed by atoms with E-state index in [0.29, 0.717) is 16.7 Å². The average Bonchev–Trinajstić information content (AvgIpc) is 3.21. The Balaban J connectivity index is 1.74. The number of fused-ring (bicyclic) bond motifs is 1. The summed E-state index contributed by atoms with van der Waals surface area (Å²) in [6.45, 7) is 12.1. The number of anilines is 2. The van der Waals surface area contributed by atoms with E-state index in [-0.39, 0.29) is 12.0 Å². The number of nitrogens with zero attached hydrogens (tertiary/aromatic N) is 3. The molecule has 4 rings (SSSR count). The zero-order valence-electron chi connectivity index (χ0n) is 21.2. The van der Waals surface area contributed by atoms with Gasteiger partial charge in [0.1, 0.15) is 11.8 Å². The van der Waals surface area contributed by atoms with Crippen LogP contribution in [-0.4, -0.2) is 32.5 Å². The molecule has 0 saturated carbocycles. The number of thioether (sulfide) groups is 1.